The third kappa shape index (κ3) is 1.21. The predicted molar refractivity (Wildman–Crippen MR) is 62.5 cm³/mol. The monoisotopic (exact) mass is 249 g/mol. The van der Waals surface area contributed by atoms with E-state index in [0.29, 0.717) is 0 Å². The van der Waals surface area contributed by atoms with E-state index >= 15 is 0 Å². The molecule has 0 spiro atoms. The Morgan fingerprint density at radius 3 is 2.79 bits per heavy atom. The third-order valence-electron chi connectivity index (χ3n) is 3.15. The third-order valence-corrected chi connectivity index (χ3v) is 3.65. The first-order valence-electron chi connectivity index (χ1n) is 5.11. The molecule has 14 heavy (non-hydrogen) atoms. The van der Waals surface area contributed by atoms with Crippen LogP contribution in [0.3, 0.4) is 0 Å². The summed E-state index contributed by atoms with van der Waals surface area (Å²) in [6, 6.07) is 9.46. The van der Waals surface area contributed by atoms with E-state index in [4.69, 9.17) is 0 Å². The quantitative estimate of drug-likeness (QED) is 0.717. The van der Waals surface area contributed by atoms with Crippen LogP contribution in [-0.2, 0) is 0 Å². The lowest BCUT2D eigenvalue weighted by molar-refractivity contribution is 0.321. The second kappa shape index (κ2) is 3.13. The van der Waals surface area contributed by atoms with Crippen LogP contribution in [0.5, 0.6) is 0 Å². The number of aromatic nitrogens is 1. The van der Waals surface area contributed by atoms with Crippen molar-refractivity contribution in [2.24, 2.45) is 0 Å². The highest BCUT2D eigenvalue weighted by Gasteiger charge is 2.20. The van der Waals surface area contributed by atoms with Crippen molar-refractivity contribution in [1.29, 1.82) is 0 Å². The van der Waals surface area contributed by atoms with Crippen molar-refractivity contribution in [3.63, 3.8) is 0 Å². The SMILES string of the molecule is Brc1ccc2ccn(C3CCC3)c2c1. The summed E-state index contributed by atoms with van der Waals surface area (Å²) in [4.78, 5) is 0. The smallest absolute Gasteiger partial charge is 0.0494 e. The summed E-state index contributed by atoms with van der Waals surface area (Å²) in [6.45, 7) is 0. The molecule has 0 aliphatic heterocycles. The molecule has 0 unspecified atom stereocenters. The molecule has 1 nitrogen and oxygen atoms in total. The zero-order valence-electron chi connectivity index (χ0n) is 7.91. The summed E-state index contributed by atoms with van der Waals surface area (Å²) in [5.74, 6) is 0. The van der Waals surface area contributed by atoms with Gasteiger partial charge in [-0.2, -0.15) is 0 Å². The first-order valence-corrected chi connectivity index (χ1v) is 5.90. The Labute approximate surface area is 91.9 Å². The molecule has 1 aliphatic carbocycles. The summed E-state index contributed by atoms with van der Waals surface area (Å²) >= 11 is 3.53. The van der Waals surface area contributed by atoms with E-state index in [1.54, 1.807) is 0 Å². The van der Waals surface area contributed by atoms with Gasteiger partial charge in [-0.15, -0.1) is 0 Å². The minimum atomic E-state index is 0.752. The number of rotatable bonds is 1. The average Bonchev–Trinajstić information content (AvgIpc) is 2.46. The standard InChI is InChI=1S/C12H12BrN/c13-10-5-4-9-6-7-14(12(9)8-10)11-2-1-3-11/h4-8,11H,1-3H2. The van der Waals surface area contributed by atoms with Gasteiger partial charge >= 0.3 is 0 Å². The molecule has 0 N–H and O–H groups in total. The van der Waals surface area contributed by atoms with Gasteiger partial charge in [0, 0.05) is 22.2 Å². The number of hydrogen-bond donors (Lipinski definition) is 0. The molecule has 1 saturated carbocycles. The van der Waals surface area contributed by atoms with Crippen molar-refractivity contribution in [3.8, 4) is 0 Å². The fourth-order valence-electron chi connectivity index (χ4n) is 2.11. The molecule has 3 rings (SSSR count). The van der Waals surface area contributed by atoms with E-state index < -0.39 is 0 Å². The Morgan fingerprint density at radius 2 is 2.07 bits per heavy atom. The normalized spacial score (nSPS) is 17.2. The van der Waals surface area contributed by atoms with Crippen LogP contribution < -0.4 is 0 Å². The Balaban J connectivity index is 2.18. The van der Waals surface area contributed by atoms with Gasteiger partial charge in [0.25, 0.3) is 0 Å². The van der Waals surface area contributed by atoms with Crippen molar-refractivity contribution in [2.75, 3.05) is 0 Å². The van der Waals surface area contributed by atoms with Gasteiger partial charge in [-0.25, -0.2) is 0 Å². The summed E-state index contributed by atoms with van der Waals surface area (Å²) < 4.78 is 3.59. The van der Waals surface area contributed by atoms with E-state index in [1.165, 1.54) is 34.6 Å². The number of nitrogens with zero attached hydrogens (tertiary/aromatic N) is 1. The summed E-state index contributed by atoms with van der Waals surface area (Å²) in [5, 5.41) is 1.35. The Hall–Kier alpha value is -0.760. The fraction of sp³-hybridized carbons (Fsp3) is 0.333. The zero-order chi connectivity index (χ0) is 9.54. The molecular weight excluding hydrogens is 238 g/mol. The highest BCUT2D eigenvalue weighted by atomic mass is 79.9. The van der Waals surface area contributed by atoms with Gasteiger partial charge in [0.2, 0.25) is 0 Å². The number of fused-ring (bicyclic) bond motifs is 1. The van der Waals surface area contributed by atoms with Gasteiger partial charge in [-0.3, -0.25) is 0 Å². The number of hydrogen-bond acceptors (Lipinski definition) is 0. The molecule has 0 amide bonds. The van der Waals surface area contributed by atoms with Gasteiger partial charge < -0.3 is 4.57 Å². The minimum absolute atomic E-state index is 0.752. The first-order chi connectivity index (χ1) is 6.84. The van der Waals surface area contributed by atoms with Crippen LogP contribution in [0.25, 0.3) is 10.9 Å². The molecule has 2 heteroatoms. The van der Waals surface area contributed by atoms with Crippen molar-refractivity contribution in [1.82, 2.24) is 4.57 Å². The van der Waals surface area contributed by atoms with E-state index in [1.807, 2.05) is 0 Å². The summed E-state index contributed by atoms with van der Waals surface area (Å²) in [7, 11) is 0. The van der Waals surface area contributed by atoms with Gasteiger partial charge in [-0.1, -0.05) is 22.0 Å². The molecule has 1 aromatic carbocycles. The lowest BCUT2D eigenvalue weighted by Gasteiger charge is -2.28. The van der Waals surface area contributed by atoms with Crippen LogP contribution in [0.4, 0.5) is 0 Å². The minimum Gasteiger partial charge on any atom is -0.344 e. The number of halogens is 1. The molecule has 2 aromatic rings. The molecule has 1 heterocycles. The van der Waals surface area contributed by atoms with Crippen LogP contribution in [-0.4, -0.2) is 4.57 Å². The maximum atomic E-state index is 3.53. The van der Waals surface area contributed by atoms with E-state index in [-0.39, 0.29) is 0 Å². The van der Waals surface area contributed by atoms with Crippen molar-refractivity contribution in [2.45, 2.75) is 25.3 Å². The lowest BCUT2D eigenvalue weighted by Crippen LogP contribution is -2.15. The molecule has 0 bridgehead atoms. The maximum absolute atomic E-state index is 3.53. The van der Waals surface area contributed by atoms with Crippen LogP contribution in [0, 0.1) is 0 Å². The molecule has 72 valence electrons. The predicted octanol–water partition coefficient (Wildman–Crippen LogP) is 4.13. The van der Waals surface area contributed by atoms with Gasteiger partial charge in [0.05, 0.1) is 0 Å². The highest BCUT2D eigenvalue weighted by Crippen LogP contribution is 2.35. The molecule has 1 aromatic heterocycles. The average molecular weight is 250 g/mol. The van der Waals surface area contributed by atoms with Gasteiger partial charge in [0.15, 0.2) is 0 Å². The molecular formula is C12H12BrN. The summed E-state index contributed by atoms with van der Waals surface area (Å²) in [6.07, 6.45) is 6.30. The molecule has 1 aliphatic rings. The largest absolute Gasteiger partial charge is 0.344 e. The van der Waals surface area contributed by atoms with Crippen LogP contribution >= 0.6 is 15.9 Å². The Morgan fingerprint density at radius 1 is 1.21 bits per heavy atom. The molecule has 1 fully saturated rings. The summed E-state index contributed by atoms with van der Waals surface area (Å²) in [5.41, 5.74) is 1.36. The second-order valence-electron chi connectivity index (χ2n) is 4.01. The van der Waals surface area contributed by atoms with Gasteiger partial charge in [0.1, 0.15) is 0 Å². The molecule has 0 atom stereocenters. The fourth-order valence-corrected chi connectivity index (χ4v) is 2.45. The van der Waals surface area contributed by atoms with Crippen LogP contribution in [0.1, 0.15) is 25.3 Å². The first kappa shape index (κ1) is 8.54. The molecule has 0 radical (unpaired) electrons. The highest BCUT2D eigenvalue weighted by molar-refractivity contribution is 9.10. The molecule has 0 saturated heterocycles. The van der Waals surface area contributed by atoms with Crippen molar-refractivity contribution < 1.29 is 0 Å². The number of benzene rings is 1. The topological polar surface area (TPSA) is 4.93 Å². The van der Waals surface area contributed by atoms with Crippen LogP contribution in [0.15, 0.2) is 34.9 Å². The Bertz CT molecular complexity index is 468. The Kier molecular flexibility index (Phi) is 1.91. The maximum Gasteiger partial charge on any atom is 0.0494 e. The lowest BCUT2D eigenvalue weighted by atomic mass is 9.93. The zero-order valence-corrected chi connectivity index (χ0v) is 9.50. The van der Waals surface area contributed by atoms with E-state index in [9.17, 15) is 0 Å². The van der Waals surface area contributed by atoms with Crippen LogP contribution in [0.2, 0.25) is 0 Å². The van der Waals surface area contributed by atoms with E-state index in [2.05, 4.69) is 51.0 Å². The van der Waals surface area contributed by atoms with Crippen molar-refractivity contribution >= 4 is 26.8 Å². The van der Waals surface area contributed by atoms with Crippen molar-refractivity contribution in [3.05, 3.63) is 34.9 Å². The van der Waals surface area contributed by atoms with Gasteiger partial charge in [-0.05, 0) is 42.8 Å². The van der Waals surface area contributed by atoms with E-state index in [0.717, 1.165) is 6.04 Å². The second-order valence-corrected chi connectivity index (χ2v) is 4.93.